The standard InChI is InChI=1S/C12H18FN3O/c1-3-5-9(4-2)16-12(17)10-6-8(13)7-15-11(10)14/h6-7,9H,3-5H2,1-2H3,(H2,14,15)(H,16,17). The Balaban J connectivity index is 2.78. The summed E-state index contributed by atoms with van der Waals surface area (Å²) in [4.78, 5) is 15.5. The Kier molecular flexibility index (Phi) is 4.87. The monoisotopic (exact) mass is 239 g/mol. The van der Waals surface area contributed by atoms with Gasteiger partial charge in [-0.25, -0.2) is 9.37 Å². The van der Waals surface area contributed by atoms with Crippen LogP contribution in [0.3, 0.4) is 0 Å². The molecular weight excluding hydrogens is 221 g/mol. The van der Waals surface area contributed by atoms with E-state index in [2.05, 4.69) is 10.3 Å². The highest BCUT2D eigenvalue weighted by atomic mass is 19.1. The molecule has 0 aromatic carbocycles. The maximum atomic E-state index is 13.0. The second-order valence-electron chi connectivity index (χ2n) is 3.95. The summed E-state index contributed by atoms with van der Waals surface area (Å²) in [6.45, 7) is 4.04. The summed E-state index contributed by atoms with van der Waals surface area (Å²) in [6, 6.07) is 1.20. The zero-order valence-electron chi connectivity index (χ0n) is 10.2. The van der Waals surface area contributed by atoms with Crippen LogP contribution >= 0.6 is 0 Å². The first-order valence-corrected chi connectivity index (χ1v) is 5.80. The van der Waals surface area contributed by atoms with Crippen LogP contribution in [0, 0.1) is 5.82 Å². The van der Waals surface area contributed by atoms with Gasteiger partial charge in [0.2, 0.25) is 0 Å². The topological polar surface area (TPSA) is 68.0 Å². The summed E-state index contributed by atoms with van der Waals surface area (Å²) < 4.78 is 13.0. The van der Waals surface area contributed by atoms with Gasteiger partial charge in [-0.3, -0.25) is 4.79 Å². The van der Waals surface area contributed by atoms with E-state index in [4.69, 9.17) is 5.73 Å². The molecule has 0 saturated carbocycles. The zero-order chi connectivity index (χ0) is 12.8. The van der Waals surface area contributed by atoms with Gasteiger partial charge in [0, 0.05) is 6.04 Å². The van der Waals surface area contributed by atoms with E-state index < -0.39 is 5.82 Å². The lowest BCUT2D eigenvalue weighted by molar-refractivity contribution is 0.0934. The van der Waals surface area contributed by atoms with Gasteiger partial charge in [0.25, 0.3) is 5.91 Å². The zero-order valence-corrected chi connectivity index (χ0v) is 10.2. The molecule has 0 fully saturated rings. The van der Waals surface area contributed by atoms with Crippen molar-refractivity contribution in [2.75, 3.05) is 5.73 Å². The van der Waals surface area contributed by atoms with Gasteiger partial charge in [-0.1, -0.05) is 20.3 Å². The first kappa shape index (κ1) is 13.4. The van der Waals surface area contributed by atoms with Crippen molar-refractivity contribution in [2.45, 2.75) is 39.2 Å². The largest absolute Gasteiger partial charge is 0.383 e. The second kappa shape index (κ2) is 6.18. The molecule has 0 aliphatic carbocycles. The molecular formula is C12H18FN3O. The van der Waals surface area contributed by atoms with E-state index in [9.17, 15) is 9.18 Å². The normalized spacial score (nSPS) is 12.2. The molecule has 1 heterocycles. The van der Waals surface area contributed by atoms with Crippen LogP contribution in [0.4, 0.5) is 10.2 Å². The van der Waals surface area contributed by atoms with Gasteiger partial charge in [-0.05, 0) is 18.9 Å². The minimum Gasteiger partial charge on any atom is -0.383 e. The smallest absolute Gasteiger partial charge is 0.255 e. The van der Waals surface area contributed by atoms with Gasteiger partial charge >= 0.3 is 0 Å². The maximum absolute atomic E-state index is 13.0. The highest BCUT2D eigenvalue weighted by Gasteiger charge is 2.15. The number of nitrogen functional groups attached to an aromatic ring is 1. The molecule has 1 atom stereocenters. The summed E-state index contributed by atoms with van der Waals surface area (Å²) in [5.41, 5.74) is 5.64. The van der Waals surface area contributed by atoms with Crippen LogP contribution in [0.15, 0.2) is 12.3 Å². The van der Waals surface area contributed by atoms with E-state index in [0.717, 1.165) is 31.5 Å². The fourth-order valence-electron chi connectivity index (χ4n) is 1.62. The summed E-state index contributed by atoms with van der Waals surface area (Å²) in [7, 11) is 0. The van der Waals surface area contributed by atoms with Crippen molar-refractivity contribution in [1.82, 2.24) is 10.3 Å². The van der Waals surface area contributed by atoms with Gasteiger partial charge in [-0.2, -0.15) is 0 Å². The Labute approximate surface area is 100 Å². The van der Waals surface area contributed by atoms with E-state index in [1.54, 1.807) is 0 Å². The first-order valence-electron chi connectivity index (χ1n) is 5.80. The highest BCUT2D eigenvalue weighted by Crippen LogP contribution is 2.11. The van der Waals surface area contributed by atoms with Crippen LogP contribution in [0.1, 0.15) is 43.5 Å². The van der Waals surface area contributed by atoms with Crippen LogP contribution in [-0.2, 0) is 0 Å². The van der Waals surface area contributed by atoms with Crippen LogP contribution in [0.2, 0.25) is 0 Å². The minimum absolute atomic E-state index is 0.0512. The van der Waals surface area contributed by atoms with Gasteiger partial charge in [-0.15, -0.1) is 0 Å². The Morgan fingerprint density at radius 1 is 1.59 bits per heavy atom. The number of nitrogens with two attached hydrogens (primary N) is 1. The molecule has 4 nitrogen and oxygen atoms in total. The van der Waals surface area contributed by atoms with Crippen molar-refractivity contribution < 1.29 is 9.18 Å². The Morgan fingerprint density at radius 2 is 2.29 bits per heavy atom. The molecule has 1 amide bonds. The number of anilines is 1. The average molecular weight is 239 g/mol. The maximum Gasteiger partial charge on any atom is 0.255 e. The van der Waals surface area contributed by atoms with Crippen molar-refractivity contribution in [3.05, 3.63) is 23.6 Å². The molecule has 0 spiro atoms. The van der Waals surface area contributed by atoms with E-state index in [1.807, 2.05) is 13.8 Å². The Bertz CT molecular complexity index is 395. The number of carbonyl (C=O) groups is 1. The molecule has 1 aromatic heterocycles. The molecule has 0 aliphatic rings. The number of aromatic nitrogens is 1. The van der Waals surface area contributed by atoms with Crippen molar-refractivity contribution in [2.24, 2.45) is 0 Å². The molecule has 0 aliphatic heterocycles. The van der Waals surface area contributed by atoms with Crippen LogP contribution < -0.4 is 11.1 Å². The van der Waals surface area contributed by atoms with E-state index in [1.165, 1.54) is 0 Å². The summed E-state index contributed by atoms with van der Waals surface area (Å²) in [6.07, 6.45) is 3.71. The number of nitrogens with zero attached hydrogens (tertiary/aromatic N) is 1. The van der Waals surface area contributed by atoms with Crippen molar-refractivity contribution in [3.63, 3.8) is 0 Å². The van der Waals surface area contributed by atoms with E-state index >= 15 is 0 Å². The lowest BCUT2D eigenvalue weighted by Crippen LogP contribution is -2.34. The van der Waals surface area contributed by atoms with Crippen molar-refractivity contribution in [3.8, 4) is 0 Å². The fourth-order valence-corrected chi connectivity index (χ4v) is 1.62. The van der Waals surface area contributed by atoms with Gasteiger partial charge in [0.15, 0.2) is 0 Å². The summed E-state index contributed by atoms with van der Waals surface area (Å²) >= 11 is 0. The number of hydrogen-bond donors (Lipinski definition) is 2. The summed E-state index contributed by atoms with van der Waals surface area (Å²) in [5.74, 6) is -0.877. The summed E-state index contributed by atoms with van der Waals surface area (Å²) in [5, 5.41) is 2.83. The molecule has 3 N–H and O–H groups in total. The SMILES string of the molecule is CCCC(CC)NC(=O)c1cc(F)cnc1N. The molecule has 0 radical (unpaired) electrons. The predicted octanol–water partition coefficient (Wildman–Crippen LogP) is 2.11. The lowest BCUT2D eigenvalue weighted by atomic mass is 10.1. The number of carbonyl (C=O) groups excluding carboxylic acids is 1. The molecule has 1 aromatic rings. The number of rotatable bonds is 5. The highest BCUT2D eigenvalue weighted by molar-refractivity contribution is 5.98. The molecule has 0 saturated heterocycles. The molecule has 94 valence electrons. The van der Waals surface area contributed by atoms with Gasteiger partial charge in [0.1, 0.15) is 11.6 Å². The third kappa shape index (κ3) is 3.69. The Morgan fingerprint density at radius 3 is 2.88 bits per heavy atom. The first-order chi connectivity index (χ1) is 8.08. The van der Waals surface area contributed by atoms with Crippen molar-refractivity contribution in [1.29, 1.82) is 0 Å². The van der Waals surface area contributed by atoms with Crippen LogP contribution in [0.25, 0.3) is 0 Å². The minimum atomic E-state index is -0.562. The quantitative estimate of drug-likeness (QED) is 0.827. The molecule has 1 rings (SSSR count). The number of pyridine rings is 1. The molecule has 17 heavy (non-hydrogen) atoms. The molecule has 5 heteroatoms. The number of halogens is 1. The van der Waals surface area contributed by atoms with Crippen LogP contribution in [0.5, 0.6) is 0 Å². The van der Waals surface area contributed by atoms with E-state index in [-0.39, 0.29) is 23.3 Å². The second-order valence-corrected chi connectivity index (χ2v) is 3.95. The predicted molar refractivity (Wildman–Crippen MR) is 65.1 cm³/mol. The number of hydrogen-bond acceptors (Lipinski definition) is 3. The molecule has 0 bridgehead atoms. The fraction of sp³-hybridized carbons (Fsp3) is 0.500. The average Bonchev–Trinajstić information content (AvgIpc) is 2.31. The Hall–Kier alpha value is -1.65. The van der Waals surface area contributed by atoms with Crippen LogP contribution in [-0.4, -0.2) is 16.9 Å². The number of nitrogens with one attached hydrogen (secondary N) is 1. The van der Waals surface area contributed by atoms with E-state index in [0.29, 0.717) is 0 Å². The van der Waals surface area contributed by atoms with Crippen molar-refractivity contribution >= 4 is 11.7 Å². The number of amides is 1. The molecule has 1 unspecified atom stereocenters. The van der Waals surface area contributed by atoms with Gasteiger partial charge in [0.05, 0.1) is 11.8 Å². The third-order valence-electron chi connectivity index (χ3n) is 2.59. The van der Waals surface area contributed by atoms with Gasteiger partial charge < -0.3 is 11.1 Å². The lowest BCUT2D eigenvalue weighted by Gasteiger charge is -2.16. The third-order valence-corrected chi connectivity index (χ3v) is 2.59.